The summed E-state index contributed by atoms with van der Waals surface area (Å²) in [7, 11) is 1.72. The highest BCUT2D eigenvalue weighted by atomic mass is 16.5. The summed E-state index contributed by atoms with van der Waals surface area (Å²) in [6.07, 6.45) is 2.16. The molecule has 1 fully saturated rings. The van der Waals surface area contributed by atoms with Crippen LogP contribution in [0.25, 0.3) is 21.9 Å². The molecule has 9 nitrogen and oxygen atoms in total. The third-order valence-corrected chi connectivity index (χ3v) is 6.59. The average Bonchev–Trinajstić information content (AvgIpc) is 3.19. The van der Waals surface area contributed by atoms with Crippen LogP contribution < -0.4 is 21.1 Å². The Morgan fingerprint density at radius 1 is 1.16 bits per heavy atom. The second kappa shape index (κ2) is 13.4. The summed E-state index contributed by atoms with van der Waals surface area (Å²) in [5.74, 6) is 2.54. The monoisotopic (exact) mass is 520 g/mol. The minimum absolute atomic E-state index is 0.250. The fourth-order valence-electron chi connectivity index (χ4n) is 4.68. The van der Waals surface area contributed by atoms with E-state index in [1.807, 2.05) is 6.07 Å². The molecule has 0 spiro atoms. The molecule has 0 bridgehead atoms. The number of methoxy groups -OCH3 is 1. The first-order valence-electron chi connectivity index (χ1n) is 13.4. The molecule has 5 rings (SSSR count). The van der Waals surface area contributed by atoms with Crippen LogP contribution in [0.4, 0.5) is 11.8 Å². The molecule has 5 N–H and O–H groups in total. The number of hydrogen-bond donors (Lipinski definition) is 4. The van der Waals surface area contributed by atoms with E-state index in [1.165, 1.54) is 5.56 Å². The Balaban J connectivity index is 0.00000107. The first-order valence-corrected chi connectivity index (χ1v) is 13.4. The van der Waals surface area contributed by atoms with Gasteiger partial charge in [0.1, 0.15) is 16.8 Å². The molecule has 0 atom stereocenters. The third-order valence-electron chi connectivity index (χ3n) is 6.59. The van der Waals surface area contributed by atoms with Crippen molar-refractivity contribution in [3.63, 3.8) is 0 Å². The van der Waals surface area contributed by atoms with Crippen molar-refractivity contribution in [3.8, 4) is 5.75 Å². The molecule has 0 aliphatic carbocycles. The van der Waals surface area contributed by atoms with E-state index in [0.29, 0.717) is 12.5 Å². The van der Waals surface area contributed by atoms with Crippen LogP contribution in [0.1, 0.15) is 37.8 Å². The molecule has 38 heavy (non-hydrogen) atoms. The van der Waals surface area contributed by atoms with Crippen LogP contribution in [-0.4, -0.2) is 59.7 Å². The molecule has 2 aromatic carbocycles. The highest BCUT2D eigenvalue weighted by Gasteiger charge is 2.20. The lowest BCUT2D eigenvalue weighted by Gasteiger charge is -2.26. The number of aliphatic hydroxyl groups is 1. The van der Waals surface area contributed by atoms with E-state index in [4.69, 9.17) is 20.3 Å². The molecule has 1 aliphatic rings. The van der Waals surface area contributed by atoms with Gasteiger partial charge in [-0.1, -0.05) is 37.6 Å². The maximum Gasteiger partial charge on any atom is 0.222 e. The number of nitrogens with zero attached hydrogens (tertiary/aromatic N) is 3. The molecule has 4 aromatic rings. The predicted octanol–water partition coefficient (Wildman–Crippen LogP) is 4.17. The van der Waals surface area contributed by atoms with Crippen molar-refractivity contribution in [2.24, 2.45) is 5.92 Å². The van der Waals surface area contributed by atoms with Crippen molar-refractivity contribution >= 4 is 33.7 Å². The number of ether oxygens (including phenoxy) is 2. The molecule has 0 unspecified atom stereocenters. The normalized spacial score (nSPS) is 13.3. The van der Waals surface area contributed by atoms with Gasteiger partial charge in [-0.3, -0.25) is 0 Å². The lowest BCUT2D eigenvalue weighted by atomic mass is 10.1. The predicted molar refractivity (Wildman–Crippen MR) is 154 cm³/mol. The van der Waals surface area contributed by atoms with Crippen LogP contribution in [0.15, 0.2) is 42.5 Å². The zero-order valence-corrected chi connectivity index (χ0v) is 22.7. The maximum atomic E-state index is 7.57. The number of fused-ring (bicyclic) bond motifs is 3. The van der Waals surface area contributed by atoms with Crippen molar-refractivity contribution in [2.45, 2.75) is 39.8 Å². The summed E-state index contributed by atoms with van der Waals surface area (Å²) >= 11 is 0. The zero-order valence-electron chi connectivity index (χ0n) is 22.7. The molecule has 204 valence electrons. The molecular weight excluding hydrogens is 480 g/mol. The van der Waals surface area contributed by atoms with Crippen LogP contribution in [0, 0.1) is 5.92 Å². The molecule has 0 radical (unpaired) electrons. The second-order valence-corrected chi connectivity index (χ2v) is 9.51. The van der Waals surface area contributed by atoms with E-state index in [0.717, 1.165) is 84.8 Å². The molecule has 3 heterocycles. The van der Waals surface area contributed by atoms with Crippen molar-refractivity contribution in [3.05, 3.63) is 53.6 Å². The van der Waals surface area contributed by atoms with Crippen molar-refractivity contribution in [2.75, 3.05) is 51.1 Å². The number of nitrogens with one attached hydrogen (secondary N) is 2. The number of unbranched alkanes of at least 4 members (excludes halogenated alkanes) is 1. The molecular formula is C29H40N6O3. The van der Waals surface area contributed by atoms with Crippen LogP contribution >= 0.6 is 0 Å². The number of nitrogens with two attached hydrogens (primary N) is 1. The number of anilines is 2. The van der Waals surface area contributed by atoms with E-state index in [9.17, 15) is 0 Å². The molecule has 1 aliphatic heterocycles. The van der Waals surface area contributed by atoms with E-state index in [-0.39, 0.29) is 12.6 Å². The number of rotatable bonds is 11. The topological polar surface area (TPSA) is 119 Å². The molecule has 0 amide bonds. The van der Waals surface area contributed by atoms with Gasteiger partial charge in [0.2, 0.25) is 5.95 Å². The van der Waals surface area contributed by atoms with Gasteiger partial charge in [0, 0.05) is 43.1 Å². The Morgan fingerprint density at radius 3 is 2.66 bits per heavy atom. The SMILES string of the molecule is CCCCNc1nc(N)nc2c3ccccc3n(Cc3cc(CNCC4COC4)ccc3OC)c12.CCO. The lowest BCUT2D eigenvalue weighted by Crippen LogP contribution is -2.36. The van der Waals surface area contributed by atoms with Crippen LogP contribution in [-0.2, 0) is 17.8 Å². The smallest absolute Gasteiger partial charge is 0.222 e. The largest absolute Gasteiger partial charge is 0.496 e. The van der Waals surface area contributed by atoms with Gasteiger partial charge >= 0.3 is 0 Å². The van der Waals surface area contributed by atoms with Crippen molar-refractivity contribution in [1.82, 2.24) is 19.9 Å². The third kappa shape index (κ3) is 6.35. The van der Waals surface area contributed by atoms with Crippen molar-refractivity contribution in [1.29, 1.82) is 0 Å². The Hall–Kier alpha value is -3.40. The summed E-state index contributed by atoms with van der Waals surface area (Å²) < 4.78 is 13.3. The van der Waals surface area contributed by atoms with Crippen molar-refractivity contribution < 1.29 is 14.6 Å². The first kappa shape index (κ1) is 27.6. The molecule has 1 saturated heterocycles. The number of para-hydroxylation sites is 1. The van der Waals surface area contributed by atoms with Crippen LogP contribution in [0.2, 0.25) is 0 Å². The first-order chi connectivity index (χ1) is 18.6. The van der Waals surface area contributed by atoms with Crippen LogP contribution in [0.5, 0.6) is 5.75 Å². The minimum Gasteiger partial charge on any atom is -0.496 e. The summed E-state index contributed by atoms with van der Waals surface area (Å²) in [6.45, 7) is 9.07. The number of hydrogen-bond acceptors (Lipinski definition) is 8. The number of benzene rings is 2. The molecule has 0 saturated carbocycles. The van der Waals surface area contributed by atoms with Gasteiger partial charge in [-0.25, -0.2) is 4.98 Å². The summed E-state index contributed by atoms with van der Waals surface area (Å²) in [4.78, 5) is 9.22. The Bertz CT molecular complexity index is 1340. The standard InChI is InChI=1S/C27H34N6O2.C2H6O/c1-3-4-11-30-26-25-24(31-27(28)32-26)21-7-5-6-8-22(21)33(25)15-20-12-18(9-10-23(20)34-2)13-29-14-19-16-35-17-19;1-2-3/h5-10,12,19,29H,3-4,11,13-17H2,1-2H3,(H3,28,30,31,32);3H,2H2,1H3. The molecule has 2 aromatic heterocycles. The van der Waals surface area contributed by atoms with Gasteiger partial charge in [0.15, 0.2) is 5.82 Å². The van der Waals surface area contributed by atoms with E-state index >= 15 is 0 Å². The Labute approximate surface area is 224 Å². The highest BCUT2D eigenvalue weighted by molar-refractivity contribution is 6.09. The van der Waals surface area contributed by atoms with Gasteiger partial charge < -0.3 is 35.5 Å². The Kier molecular flexibility index (Phi) is 9.75. The van der Waals surface area contributed by atoms with Gasteiger partial charge in [0.25, 0.3) is 0 Å². The zero-order chi connectivity index (χ0) is 26.9. The van der Waals surface area contributed by atoms with Crippen LogP contribution in [0.3, 0.4) is 0 Å². The van der Waals surface area contributed by atoms with E-state index in [2.05, 4.69) is 68.5 Å². The fourth-order valence-corrected chi connectivity index (χ4v) is 4.68. The summed E-state index contributed by atoms with van der Waals surface area (Å²) in [5, 5.41) is 15.7. The average molecular weight is 521 g/mol. The Morgan fingerprint density at radius 2 is 1.95 bits per heavy atom. The van der Waals surface area contributed by atoms with E-state index in [1.54, 1.807) is 14.0 Å². The summed E-state index contributed by atoms with van der Waals surface area (Å²) in [6, 6.07) is 14.7. The second-order valence-electron chi connectivity index (χ2n) is 9.51. The minimum atomic E-state index is 0.250. The maximum absolute atomic E-state index is 7.57. The summed E-state index contributed by atoms with van der Waals surface area (Å²) in [5.41, 5.74) is 11.4. The van der Waals surface area contributed by atoms with Gasteiger partial charge in [-0.15, -0.1) is 0 Å². The number of aromatic nitrogens is 3. The number of aliphatic hydroxyl groups excluding tert-OH is 1. The molecule has 9 heteroatoms. The highest BCUT2D eigenvalue weighted by Crippen LogP contribution is 2.34. The fraction of sp³-hybridized carbons (Fsp3) is 0.448. The lowest BCUT2D eigenvalue weighted by molar-refractivity contribution is -0.0307. The van der Waals surface area contributed by atoms with Gasteiger partial charge in [0.05, 0.1) is 32.4 Å². The quantitative estimate of drug-likeness (QED) is 0.218. The van der Waals surface area contributed by atoms with Gasteiger partial charge in [-0.05, 0) is 37.1 Å². The van der Waals surface area contributed by atoms with Gasteiger partial charge in [-0.2, -0.15) is 4.98 Å². The van der Waals surface area contributed by atoms with E-state index < -0.39 is 0 Å². The number of nitrogen functional groups attached to an aromatic ring is 1.